The molecule has 0 aliphatic rings. The first-order valence-corrected chi connectivity index (χ1v) is 8.17. The van der Waals surface area contributed by atoms with Crippen LogP contribution in [-0.2, 0) is 16.0 Å². The zero-order chi connectivity index (χ0) is 18.2. The minimum atomic E-state index is -0.249. The van der Waals surface area contributed by atoms with Crippen LogP contribution in [0.2, 0.25) is 5.02 Å². The van der Waals surface area contributed by atoms with E-state index in [0.717, 1.165) is 5.56 Å². The van der Waals surface area contributed by atoms with Crippen molar-refractivity contribution < 1.29 is 9.59 Å². The number of halogens is 1. The number of nitrogens with zero attached hydrogens (tertiary/aromatic N) is 2. The standard InChI is InChI=1S/C19H18ClN3O2/c1-14(24)23(18-7-5-16(12-21)6-8-18)13-19(25)22-10-9-15-3-2-4-17(20)11-15/h2-8,11H,9-10,13H2,1H3,(H,22,25). The smallest absolute Gasteiger partial charge is 0.240 e. The number of rotatable bonds is 6. The van der Waals surface area contributed by atoms with Crippen LogP contribution < -0.4 is 10.2 Å². The van der Waals surface area contributed by atoms with Crippen LogP contribution in [0.3, 0.4) is 0 Å². The first-order valence-electron chi connectivity index (χ1n) is 7.79. The van der Waals surface area contributed by atoms with Crippen LogP contribution in [0.1, 0.15) is 18.1 Å². The SMILES string of the molecule is CC(=O)N(CC(=O)NCCc1cccc(Cl)c1)c1ccc(C#N)cc1. The molecule has 2 aromatic rings. The van der Waals surface area contributed by atoms with Gasteiger partial charge in [0.1, 0.15) is 6.54 Å². The Morgan fingerprint density at radius 1 is 1.20 bits per heavy atom. The van der Waals surface area contributed by atoms with Gasteiger partial charge in [0.25, 0.3) is 0 Å². The molecule has 0 aliphatic heterocycles. The number of hydrogen-bond donors (Lipinski definition) is 1. The summed E-state index contributed by atoms with van der Waals surface area (Å²) in [5, 5.41) is 12.3. The number of hydrogen-bond acceptors (Lipinski definition) is 3. The largest absolute Gasteiger partial charge is 0.354 e. The minimum absolute atomic E-state index is 0.0726. The lowest BCUT2D eigenvalue weighted by Crippen LogP contribution is -2.40. The molecule has 0 fully saturated rings. The Morgan fingerprint density at radius 2 is 1.92 bits per heavy atom. The first kappa shape index (κ1) is 18.5. The third-order valence-corrected chi connectivity index (χ3v) is 3.85. The van der Waals surface area contributed by atoms with E-state index >= 15 is 0 Å². The topological polar surface area (TPSA) is 73.2 Å². The van der Waals surface area contributed by atoms with Gasteiger partial charge < -0.3 is 10.2 Å². The van der Waals surface area contributed by atoms with Gasteiger partial charge in [-0.1, -0.05) is 23.7 Å². The van der Waals surface area contributed by atoms with Crippen LogP contribution in [0.25, 0.3) is 0 Å². The van der Waals surface area contributed by atoms with Gasteiger partial charge in [0, 0.05) is 24.2 Å². The highest BCUT2D eigenvalue weighted by molar-refractivity contribution is 6.30. The predicted octanol–water partition coefficient (Wildman–Crippen LogP) is 2.92. The first-order chi connectivity index (χ1) is 12.0. The molecular formula is C19H18ClN3O2. The van der Waals surface area contributed by atoms with E-state index < -0.39 is 0 Å². The molecule has 128 valence electrons. The summed E-state index contributed by atoms with van der Waals surface area (Å²) in [6.07, 6.45) is 0.656. The van der Waals surface area contributed by atoms with Crippen molar-refractivity contribution in [3.63, 3.8) is 0 Å². The molecular weight excluding hydrogens is 338 g/mol. The Balaban J connectivity index is 1.91. The molecule has 6 heteroatoms. The molecule has 0 saturated heterocycles. The van der Waals surface area contributed by atoms with Crippen molar-refractivity contribution >= 4 is 29.1 Å². The summed E-state index contributed by atoms with van der Waals surface area (Å²) in [6.45, 7) is 1.78. The van der Waals surface area contributed by atoms with E-state index in [-0.39, 0.29) is 18.4 Å². The second-order valence-electron chi connectivity index (χ2n) is 5.49. The van der Waals surface area contributed by atoms with Gasteiger partial charge >= 0.3 is 0 Å². The third kappa shape index (κ3) is 5.63. The third-order valence-electron chi connectivity index (χ3n) is 3.61. The molecule has 25 heavy (non-hydrogen) atoms. The Bertz CT molecular complexity index is 797. The zero-order valence-electron chi connectivity index (χ0n) is 13.8. The van der Waals surface area contributed by atoms with Gasteiger partial charge in [0.05, 0.1) is 11.6 Å². The van der Waals surface area contributed by atoms with Gasteiger partial charge in [-0.25, -0.2) is 0 Å². The highest BCUT2D eigenvalue weighted by atomic mass is 35.5. The van der Waals surface area contributed by atoms with Crippen molar-refractivity contribution in [3.05, 3.63) is 64.7 Å². The lowest BCUT2D eigenvalue weighted by Gasteiger charge is -2.20. The average molecular weight is 356 g/mol. The van der Waals surface area contributed by atoms with E-state index in [9.17, 15) is 9.59 Å². The van der Waals surface area contributed by atoms with E-state index in [0.29, 0.717) is 29.2 Å². The Kier molecular flexibility index (Phi) is 6.55. The Hall–Kier alpha value is -2.84. The number of nitriles is 1. The maximum absolute atomic E-state index is 12.1. The summed E-state index contributed by atoms with van der Waals surface area (Å²) in [6, 6.07) is 16.0. The molecule has 2 aromatic carbocycles. The van der Waals surface area contributed by atoms with E-state index in [4.69, 9.17) is 16.9 Å². The molecule has 0 saturated carbocycles. The monoisotopic (exact) mass is 355 g/mol. The van der Waals surface area contributed by atoms with E-state index in [1.807, 2.05) is 24.3 Å². The lowest BCUT2D eigenvalue weighted by atomic mass is 10.1. The Labute approximate surface area is 151 Å². The van der Waals surface area contributed by atoms with Gasteiger partial charge in [-0.15, -0.1) is 0 Å². The van der Waals surface area contributed by atoms with Crippen molar-refractivity contribution in [2.45, 2.75) is 13.3 Å². The number of anilines is 1. The molecule has 0 aliphatic carbocycles. The lowest BCUT2D eigenvalue weighted by molar-refractivity contribution is -0.123. The second kappa shape index (κ2) is 8.86. The van der Waals surface area contributed by atoms with Crippen LogP contribution in [0.15, 0.2) is 48.5 Å². The van der Waals surface area contributed by atoms with Gasteiger partial charge in [0.2, 0.25) is 11.8 Å². The van der Waals surface area contributed by atoms with Crippen LogP contribution >= 0.6 is 11.6 Å². The number of nitrogens with one attached hydrogen (secondary N) is 1. The Morgan fingerprint density at radius 3 is 2.52 bits per heavy atom. The van der Waals surface area contributed by atoms with Crippen LogP contribution in [0, 0.1) is 11.3 Å². The molecule has 2 rings (SSSR count). The fourth-order valence-corrected chi connectivity index (χ4v) is 2.55. The quantitative estimate of drug-likeness (QED) is 0.865. The van der Waals surface area contributed by atoms with Crippen molar-refractivity contribution in [1.29, 1.82) is 5.26 Å². The van der Waals surface area contributed by atoms with Gasteiger partial charge in [-0.2, -0.15) is 5.26 Å². The summed E-state index contributed by atoms with van der Waals surface area (Å²) in [5.41, 5.74) is 2.11. The fourth-order valence-electron chi connectivity index (χ4n) is 2.34. The normalized spacial score (nSPS) is 9.96. The van der Waals surface area contributed by atoms with Crippen LogP contribution in [-0.4, -0.2) is 24.9 Å². The van der Waals surface area contributed by atoms with Crippen molar-refractivity contribution in [2.75, 3.05) is 18.0 Å². The summed E-state index contributed by atoms with van der Waals surface area (Å²) in [4.78, 5) is 25.3. The molecule has 0 bridgehead atoms. The second-order valence-corrected chi connectivity index (χ2v) is 5.93. The van der Waals surface area contributed by atoms with Crippen molar-refractivity contribution in [3.8, 4) is 6.07 Å². The number of benzene rings is 2. The molecule has 5 nitrogen and oxygen atoms in total. The van der Waals surface area contributed by atoms with E-state index in [1.54, 1.807) is 30.3 Å². The molecule has 0 spiro atoms. The number of amides is 2. The maximum atomic E-state index is 12.1. The fraction of sp³-hybridized carbons (Fsp3) is 0.211. The van der Waals surface area contributed by atoms with E-state index in [2.05, 4.69) is 5.32 Å². The predicted molar refractivity (Wildman–Crippen MR) is 97.3 cm³/mol. The number of carbonyl (C=O) groups is 2. The summed E-state index contributed by atoms with van der Waals surface area (Å²) < 4.78 is 0. The molecule has 0 unspecified atom stereocenters. The van der Waals surface area contributed by atoms with Crippen molar-refractivity contribution in [2.24, 2.45) is 0 Å². The van der Waals surface area contributed by atoms with Gasteiger partial charge in [-0.05, 0) is 48.4 Å². The highest BCUT2D eigenvalue weighted by Crippen LogP contribution is 2.15. The molecule has 0 radical (unpaired) electrons. The molecule has 2 amide bonds. The highest BCUT2D eigenvalue weighted by Gasteiger charge is 2.15. The maximum Gasteiger partial charge on any atom is 0.240 e. The minimum Gasteiger partial charge on any atom is -0.354 e. The van der Waals surface area contributed by atoms with Crippen LogP contribution in [0.5, 0.6) is 0 Å². The van der Waals surface area contributed by atoms with Gasteiger partial charge in [0.15, 0.2) is 0 Å². The van der Waals surface area contributed by atoms with Crippen LogP contribution in [0.4, 0.5) is 5.69 Å². The molecule has 0 heterocycles. The van der Waals surface area contributed by atoms with Crippen molar-refractivity contribution in [1.82, 2.24) is 5.32 Å². The molecule has 0 atom stereocenters. The summed E-state index contributed by atoms with van der Waals surface area (Å²) >= 11 is 5.93. The summed E-state index contributed by atoms with van der Waals surface area (Å²) in [7, 11) is 0. The summed E-state index contributed by atoms with van der Waals surface area (Å²) in [5.74, 6) is -0.490. The van der Waals surface area contributed by atoms with Gasteiger partial charge in [-0.3, -0.25) is 9.59 Å². The average Bonchev–Trinajstić information content (AvgIpc) is 2.60. The molecule has 1 N–H and O–H groups in total. The van der Waals surface area contributed by atoms with E-state index in [1.165, 1.54) is 11.8 Å². The molecule has 0 aromatic heterocycles. The zero-order valence-corrected chi connectivity index (χ0v) is 14.6. The number of carbonyl (C=O) groups excluding carboxylic acids is 2.